The number of fused-ring (bicyclic) bond motifs is 1. The summed E-state index contributed by atoms with van der Waals surface area (Å²) in [5.41, 5.74) is 10.2. The molecule has 0 aliphatic rings. The molecule has 0 amide bonds. The fraction of sp³-hybridized carbons (Fsp3) is 0.100. The number of aryl methyl sites for hydroxylation is 1. The number of carbonyl (C=O) groups is 1. The predicted octanol–water partition coefficient (Wildman–Crippen LogP) is 4.67. The summed E-state index contributed by atoms with van der Waals surface area (Å²) in [6.45, 7) is 3.59. The van der Waals surface area contributed by atoms with Gasteiger partial charge in [-0.25, -0.2) is 15.0 Å². The first-order chi connectivity index (χ1) is 13.5. The summed E-state index contributed by atoms with van der Waals surface area (Å²) in [7, 11) is 0. The van der Waals surface area contributed by atoms with E-state index in [1.807, 2.05) is 12.1 Å². The van der Waals surface area contributed by atoms with Crippen molar-refractivity contribution in [2.75, 3.05) is 16.4 Å². The molecule has 7 nitrogen and oxygen atoms in total. The van der Waals surface area contributed by atoms with Crippen molar-refractivity contribution >= 4 is 55.5 Å². The number of rotatable bonds is 5. The third kappa shape index (κ3) is 3.63. The third-order valence-corrected chi connectivity index (χ3v) is 5.14. The van der Waals surface area contributed by atoms with E-state index in [0.717, 1.165) is 15.9 Å². The van der Waals surface area contributed by atoms with Gasteiger partial charge >= 0.3 is 0 Å². The van der Waals surface area contributed by atoms with Crippen LogP contribution in [0, 0.1) is 6.92 Å². The van der Waals surface area contributed by atoms with Gasteiger partial charge in [-0.2, -0.15) is 0 Å². The van der Waals surface area contributed by atoms with Crippen LogP contribution in [0.15, 0.2) is 48.8 Å². The van der Waals surface area contributed by atoms with E-state index in [2.05, 4.69) is 38.6 Å². The van der Waals surface area contributed by atoms with E-state index < -0.39 is 0 Å². The fourth-order valence-electron chi connectivity index (χ4n) is 2.71. The molecule has 4 aromatic rings. The molecule has 2 heterocycles. The van der Waals surface area contributed by atoms with Gasteiger partial charge in [0, 0.05) is 11.3 Å². The Balaban J connectivity index is 1.58. The lowest BCUT2D eigenvalue weighted by atomic mass is 10.1. The summed E-state index contributed by atoms with van der Waals surface area (Å²) in [6.07, 6.45) is 1.43. The predicted molar refractivity (Wildman–Crippen MR) is 114 cm³/mol. The first-order valence-corrected chi connectivity index (χ1v) is 9.44. The molecule has 0 atom stereocenters. The van der Waals surface area contributed by atoms with E-state index >= 15 is 0 Å². The van der Waals surface area contributed by atoms with Gasteiger partial charge in [-0.1, -0.05) is 17.4 Å². The number of benzene rings is 2. The van der Waals surface area contributed by atoms with Crippen molar-refractivity contribution in [3.8, 4) is 0 Å². The lowest BCUT2D eigenvalue weighted by Gasteiger charge is -2.11. The molecule has 0 aliphatic heterocycles. The Bertz CT molecular complexity index is 1170. The number of nitrogens with one attached hydrogen (secondary N) is 2. The normalized spacial score (nSPS) is 10.8. The van der Waals surface area contributed by atoms with Gasteiger partial charge in [0.05, 0.1) is 10.2 Å². The van der Waals surface area contributed by atoms with Gasteiger partial charge in [0.25, 0.3) is 0 Å². The molecule has 0 bridgehead atoms. The first-order valence-electron chi connectivity index (χ1n) is 8.62. The van der Waals surface area contributed by atoms with Crippen LogP contribution in [0.1, 0.15) is 22.8 Å². The zero-order chi connectivity index (χ0) is 19.7. The summed E-state index contributed by atoms with van der Waals surface area (Å²) in [6, 6.07) is 13.2. The monoisotopic (exact) mass is 390 g/mol. The van der Waals surface area contributed by atoms with Crippen LogP contribution >= 0.6 is 11.3 Å². The molecule has 4 rings (SSSR count). The zero-order valence-electron chi connectivity index (χ0n) is 15.4. The maximum atomic E-state index is 11.4. The number of nitrogen functional groups attached to an aromatic ring is 1. The zero-order valence-corrected chi connectivity index (χ0v) is 16.2. The van der Waals surface area contributed by atoms with Crippen molar-refractivity contribution in [3.63, 3.8) is 0 Å². The van der Waals surface area contributed by atoms with Crippen molar-refractivity contribution in [1.29, 1.82) is 0 Å². The third-order valence-electron chi connectivity index (χ3n) is 4.21. The van der Waals surface area contributed by atoms with Crippen molar-refractivity contribution in [2.24, 2.45) is 0 Å². The average molecular weight is 390 g/mol. The van der Waals surface area contributed by atoms with Crippen LogP contribution in [0.4, 0.5) is 28.1 Å². The van der Waals surface area contributed by atoms with Gasteiger partial charge in [0.1, 0.15) is 12.0 Å². The highest BCUT2D eigenvalue weighted by molar-refractivity contribution is 7.22. The van der Waals surface area contributed by atoms with E-state index in [0.29, 0.717) is 28.0 Å². The SMILES string of the molecule is CC(=O)c1ccc(Nc2ncnc(Nc3nc4ccc(C)cc4s3)c2N)cc1. The number of nitrogens with zero attached hydrogens (tertiary/aromatic N) is 3. The smallest absolute Gasteiger partial charge is 0.189 e. The summed E-state index contributed by atoms with van der Waals surface area (Å²) in [5.74, 6) is 0.976. The average Bonchev–Trinajstić information content (AvgIpc) is 3.07. The minimum absolute atomic E-state index is 0.0191. The number of carbonyl (C=O) groups excluding carboxylic acids is 1. The van der Waals surface area contributed by atoms with E-state index in [1.165, 1.54) is 30.2 Å². The molecule has 28 heavy (non-hydrogen) atoms. The van der Waals surface area contributed by atoms with Gasteiger partial charge in [-0.05, 0) is 55.8 Å². The highest BCUT2D eigenvalue weighted by atomic mass is 32.1. The summed E-state index contributed by atoms with van der Waals surface area (Å²) in [5, 5.41) is 7.04. The molecule has 0 spiro atoms. The molecular weight excluding hydrogens is 372 g/mol. The number of anilines is 5. The van der Waals surface area contributed by atoms with Gasteiger partial charge in [0.15, 0.2) is 22.6 Å². The quantitative estimate of drug-likeness (QED) is 0.425. The van der Waals surface area contributed by atoms with Crippen molar-refractivity contribution < 1.29 is 4.79 Å². The number of nitrogens with two attached hydrogens (primary N) is 1. The largest absolute Gasteiger partial charge is 0.393 e. The molecule has 0 unspecified atom stereocenters. The molecule has 2 aromatic carbocycles. The van der Waals surface area contributed by atoms with E-state index in [1.54, 1.807) is 24.3 Å². The number of hydrogen-bond donors (Lipinski definition) is 3. The lowest BCUT2D eigenvalue weighted by Crippen LogP contribution is -2.05. The molecule has 0 radical (unpaired) electrons. The standard InChI is InChI=1S/C20H18N6OS/c1-11-3-8-15-16(9-11)28-20(25-15)26-19-17(21)18(22-10-23-19)24-14-6-4-13(5-7-14)12(2)27/h3-10H,21H2,1-2H3,(H2,22,23,24,25,26). The van der Waals surface area contributed by atoms with E-state index in [9.17, 15) is 4.79 Å². The Hall–Kier alpha value is -3.52. The Labute approximate surface area is 165 Å². The van der Waals surface area contributed by atoms with Gasteiger partial charge in [0.2, 0.25) is 0 Å². The summed E-state index contributed by atoms with van der Waals surface area (Å²) in [4.78, 5) is 24.4. The Kier molecular flexibility index (Phi) is 4.62. The van der Waals surface area contributed by atoms with Crippen molar-refractivity contribution in [1.82, 2.24) is 15.0 Å². The number of hydrogen-bond acceptors (Lipinski definition) is 8. The molecule has 0 saturated carbocycles. The minimum atomic E-state index is 0.0191. The van der Waals surface area contributed by atoms with Crippen molar-refractivity contribution in [3.05, 3.63) is 59.9 Å². The lowest BCUT2D eigenvalue weighted by molar-refractivity contribution is 0.101. The second-order valence-corrected chi connectivity index (χ2v) is 7.39. The van der Waals surface area contributed by atoms with Crippen LogP contribution in [0.2, 0.25) is 0 Å². The van der Waals surface area contributed by atoms with E-state index in [-0.39, 0.29) is 5.78 Å². The molecule has 140 valence electrons. The Morgan fingerprint density at radius 2 is 1.75 bits per heavy atom. The second-order valence-electron chi connectivity index (χ2n) is 6.36. The highest BCUT2D eigenvalue weighted by Gasteiger charge is 2.11. The van der Waals surface area contributed by atoms with Crippen LogP contribution in [0.3, 0.4) is 0 Å². The number of aromatic nitrogens is 3. The van der Waals surface area contributed by atoms with E-state index in [4.69, 9.17) is 5.73 Å². The molecule has 0 aliphatic carbocycles. The van der Waals surface area contributed by atoms with Crippen molar-refractivity contribution in [2.45, 2.75) is 13.8 Å². The molecule has 8 heteroatoms. The minimum Gasteiger partial charge on any atom is -0.393 e. The maximum Gasteiger partial charge on any atom is 0.189 e. The fourth-order valence-corrected chi connectivity index (χ4v) is 3.67. The van der Waals surface area contributed by atoms with Crippen LogP contribution in [0.25, 0.3) is 10.2 Å². The van der Waals surface area contributed by atoms with Crippen LogP contribution in [-0.4, -0.2) is 20.7 Å². The Morgan fingerprint density at radius 1 is 1.04 bits per heavy atom. The van der Waals surface area contributed by atoms with Crippen LogP contribution in [-0.2, 0) is 0 Å². The number of thiazole rings is 1. The van der Waals surface area contributed by atoms with Gasteiger partial charge in [-0.15, -0.1) is 0 Å². The van der Waals surface area contributed by atoms with Gasteiger partial charge in [-0.3, -0.25) is 4.79 Å². The second kappa shape index (κ2) is 7.24. The maximum absolute atomic E-state index is 11.4. The summed E-state index contributed by atoms with van der Waals surface area (Å²) < 4.78 is 1.10. The summed E-state index contributed by atoms with van der Waals surface area (Å²) >= 11 is 1.54. The van der Waals surface area contributed by atoms with Crippen LogP contribution < -0.4 is 16.4 Å². The Morgan fingerprint density at radius 3 is 2.46 bits per heavy atom. The molecular formula is C20H18N6OS. The topological polar surface area (TPSA) is 106 Å². The molecule has 2 aromatic heterocycles. The van der Waals surface area contributed by atoms with Crippen LogP contribution in [0.5, 0.6) is 0 Å². The van der Waals surface area contributed by atoms with Gasteiger partial charge < -0.3 is 16.4 Å². The first kappa shape index (κ1) is 17.9. The number of Topliss-reactive ketones (excluding diaryl/α,β-unsaturated/α-hetero) is 1. The molecule has 0 fully saturated rings. The number of ketones is 1. The molecule has 0 saturated heterocycles. The molecule has 4 N–H and O–H groups in total. The highest BCUT2D eigenvalue weighted by Crippen LogP contribution is 2.32.